The standard InChI is InChI=1S/C45H78NO9P/c1-3-5-6-7-8-9-10-11-12-13-14-19-22-25-28-31-34-37-45(49)55-43(41-54-56(50,51)53-39-38-46)40-52-44(48)36-33-30-27-24-21-18-16-15-17-20-23-26-29-32-35-42(47)4-2/h8-9,11-12,16-18,20,24,26-27,29,42-43,47H,3-7,10,13-15,19,21-23,25,28,30-41,46H2,1-2H3,(H,50,51)/b9-8-,12-11-,18-16-,20-17-,27-24-,29-26-/t42-,43+/m0/s1. The molecule has 0 heterocycles. The van der Waals surface area contributed by atoms with E-state index in [1.165, 1.54) is 44.9 Å². The molecule has 0 aromatic carbocycles. The number of hydrogen-bond acceptors (Lipinski definition) is 9. The van der Waals surface area contributed by atoms with Gasteiger partial charge < -0.3 is 25.2 Å². The molecule has 4 N–H and O–H groups in total. The summed E-state index contributed by atoms with van der Waals surface area (Å²) in [6.45, 7) is 3.33. The molecule has 322 valence electrons. The molecule has 0 spiro atoms. The van der Waals surface area contributed by atoms with Crippen LogP contribution in [-0.2, 0) is 32.7 Å². The molecular formula is C45H78NO9P. The first-order valence-corrected chi connectivity index (χ1v) is 23.0. The number of phosphoric ester groups is 1. The van der Waals surface area contributed by atoms with Gasteiger partial charge in [0.05, 0.1) is 19.3 Å². The van der Waals surface area contributed by atoms with Gasteiger partial charge in [0.15, 0.2) is 6.10 Å². The molecule has 0 rings (SSSR count). The van der Waals surface area contributed by atoms with E-state index in [4.69, 9.17) is 24.3 Å². The average molecular weight is 808 g/mol. The Hall–Kier alpha value is -2.59. The van der Waals surface area contributed by atoms with E-state index < -0.39 is 32.5 Å². The molecule has 0 saturated carbocycles. The molecule has 0 fully saturated rings. The van der Waals surface area contributed by atoms with E-state index in [1.807, 2.05) is 13.0 Å². The van der Waals surface area contributed by atoms with E-state index in [0.717, 1.165) is 70.6 Å². The van der Waals surface area contributed by atoms with Crippen LogP contribution in [0, 0.1) is 0 Å². The largest absolute Gasteiger partial charge is 0.472 e. The van der Waals surface area contributed by atoms with Crippen LogP contribution in [0.2, 0.25) is 0 Å². The molecule has 11 heteroatoms. The van der Waals surface area contributed by atoms with Crippen LogP contribution in [0.3, 0.4) is 0 Å². The lowest BCUT2D eigenvalue weighted by Gasteiger charge is -2.19. The molecule has 0 saturated heterocycles. The monoisotopic (exact) mass is 808 g/mol. The lowest BCUT2D eigenvalue weighted by Crippen LogP contribution is -2.29. The van der Waals surface area contributed by atoms with Crippen molar-refractivity contribution in [3.63, 3.8) is 0 Å². The van der Waals surface area contributed by atoms with Gasteiger partial charge >= 0.3 is 19.8 Å². The van der Waals surface area contributed by atoms with Gasteiger partial charge in [-0.15, -0.1) is 0 Å². The van der Waals surface area contributed by atoms with Crippen LogP contribution in [0.25, 0.3) is 0 Å². The number of carbonyl (C=O) groups is 2. The third-order valence-electron chi connectivity index (χ3n) is 8.73. The lowest BCUT2D eigenvalue weighted by molar-refractivity contribution is -0.161. The highest BCUT2D eigenvalue weighted by Gasteiger charge is 2.26. The Bertz CT molecular complexity index is 1160. The van der Waals surface area contributed by atoms with Gasteiger partial charge in [0, 0.05) is 19.4 Å². The lowest BCUT2D eigenvalue weighted by atomic mass is 10.1. The van der Waals surface area contributed by atoms with Crippen molar-refractivity contribution < 1.29 is 42.7 Å². The zero-order chi connectivity index (χ0) is 41.2. The van der Waals surface area contributed by atoms with Gasteiger partial charge in [0.2, 0.25) is 0 Å². The van der Waals surface area contributed by atoms with E-state index in [-0.39, 0.29) is 38.7 Å². The average Bonchev–Trinajstić information content (AvgIpc) is 3.18. The molecule has 0 bridgehead atoms. The third kappa shape index (κ3) is 39.6. The molecule has 56 heavy (non-hydrogen) atoms. The van der Waals surface area contributed by atoms with Gasteiger partial charge in [0.1, 0.15) is 6.61 Å². The number of ether oxygens (including phenoxy) is 2. The number of unbranched alkanes of at least 4 members (excludes halogenated alkanes) is 11. The van der Waals surface area contributed by atoms with Gasteiger partial charge in [-0.1, -0.05) is 132 Å². The van der Waals surface area contributed by atoms with E-state index in [9.17, 15) is 24.2 Å². The number of allylic oxidation sites excluding steroid dienone is 12. The minimum atomic E-state index is -4.40. The predicted octanol–water partition coefficient (Wildman–Crippen LogP) is 11.2. The van der Waals surface area contributed by atoms with Crippen molar-refractivity contribution in [2.75, 3.05) is 26.4 Å². The second-order valence-electron chi connectivity index (χ2n) is 14.0. The molecule has 0 aromatic heterocycles. The number of carbonyl (C=O) groups excluding carboxylic acids is 2. The van der Waals surface area contributed by atoms with Crippen molar-refractivity contribution in [2.24, 2.45) is 5.73 Å². The van der Waals surface area contributed by atoms with Crippen LogP contribution in [0.1, 0.15) is 162 Å². The fourth-order valence-corrected chi connectivity index (χ4v) is 6.11. The summed E-state index contributed by atoms with van der Waals surface area (Å²) in [5, 5.41) is 9.55. The minimum absolute atomic E-state index is 0.0359. The van der Waals surface area contributed by atoms with Crippen molar-refractivity contribution in [3.8, 4) is 0 Å². The highest BCUT2D eigenvalue weighted by Crippen LogP contribution is 2.43. The molecule has 0 radical (unpaired) electrons. The number of rotatable bonds is 39. The number of aliphatic hydroxyl groups excluding tert-OH is 1. The Morgan fingerprint density at radius 1 is 0.607 bits per heavy atom. The molecule has 3 atom stereocenters. The van der Waals surface area contributed by atoms with E-state index >= 15 is 0 Å². The fraction of sp³-hybridized carbons (Fsp3) is 0.689. The fourth-order valence-electron chi connectivity index (χ4n) is 5.34. The number of hydrogen-bond donors (Lipinski definition) is 3. The Kier molecular flexibility index (Phi) is 38.7. The molecule has 1 unspecified atom stereocenters. The van der Waals surface area contributed by atoms with Crippen LogP contribution in [0.5, 0.6) is 0 Å². The topological polar surface area (TPSA) is 155 Å². The number of esters is 2. The summed E-state index contributed by atoms with van der Waals surface area (Å²) >= 11 is 0. The van der Waals surface area contributed by atoms with Crippen molar-refractivity contribution in [1.82, 2.24) is 0 Å². The van der Waals surface area contributed by atoms with Crippen LogP contribution in [0.15, 0.2) is 72.9 Å². The maximum atomic E-state index is 12.6. The van der Waals surface area contributed by atoms with Crippen LogP contribution in [-0.4, -0.2) is 60.5 Å². The van der Waals surface area contributed by atoms with Gasteiger partial charge in [-0.2, -0.15) is 0 Å². The Balaban J connectivity index is 4.29. The Labute approximate surface area is 340 Å². The van der Waals surface area contributed by atoms with E-state index in [2.05, 4.69) is 73.8 Å². The summed E-state index contributed by atoms with van der Waals surface area (Å²) < 4.78 is 32.7. The number of phosphoric acid groups is 1. The molecule has 0 amide bonds. The van der Waals surface area contributed by atoms with Gasteiger partial charge in [-0.3, -0.25) is 18.6 Å². The first-order valence-electron chi connectivity index (χ1n) is 21.5. The SMILES string of the molecule is CCCCC/C=C\C/C=C\CCCCCCCCCC(=O)O[C@H](COC(=O)CCC/C=C\C/C=C\C/C=C\C/C=C\CC[C@@H](O)CC)COP(=O)(O)OCCN. The Morgan fingerprint density at radius 3 is 1.64 bits per heavy atom. The maximum absolute atomic E-state index is 12.6. The summed E-state index contributed by atoms with van der Waals surface area (Å²) in [7, 11) is -4.40. The summed E-state index contributed by atoms with van der Waals surface area (Å²) in [6.07, 6.45) is 45.9. The molecular weight excluding hydrogens is 729 g/mol. The van der Waals surface area contributed by atoms with Gasteiger partial charge in [-0.05, 0) is 89.9 Å². The van der Waals surface area contributed by atoms with Gasteiger partial charge in [0.25, 0.3) is 0 Å². The van der Waals surface area contributed by atoms with Crippen molar-refractivity contribution in [3.05, 3.63) is 72.9 Å². The molecule has 0 aliphatic carbocycles. The predicted molar refractivity (Wildman–Crippen MR) is 230 cm³/mol. The first-order chi connectivity index (χ1) is 27.2. The molecule has 0 aliphatic rings. The summed E-state index contributed by atoms with van der Waals surface area (Å²) in [4.78, 5) is 34.8. The second-order valence-corrected chi connectivity index (χ2v) is 15.4. The van der Waals surface area contributed by atoms with Gasteiger partial charge in [-0.25, -0.2) is 4.57 Å². The zero-order valence-corrected chi connectivity index (χ0v) is 35.8. The zero-order valence-electron chi connectivity index (χ0n) is 35.0. The molecule has 0 aliphatic heterocycles. The normalized spacial score (nSPS) is 14.6. The van der Waals surface area contributed by atoms with E-state index in [1.54, 1.807) is 0 Å². The second kappa shape index (κ2) is 40.6. The maximum Gasteiger partial charge on any atom is 0.472 e. The van der Waals surface area contributed by atoms with Crippen LogP contribution < -0.4 is 5.73 Å². The Morgan fingerprint density at radius 2 is 1.09 bits per heavy atom. The summed E-state index contributed by atoms with van der Waals surface area (Å²) in [6, 6.07) is 0. The van der Waals surface area contributed by atoms with Crippen molar-refractivity contribution >= 4 is 19.8 Å². The quantitative estimate of drug-likeness (QED) is 0.0236. The first kappa shape index (κ1) is 53.4. The van der Waals surface area contributed by atoms with Crippen LogP contribution >= 0.6 is 7.82 Å². The molecule has 10 nitrogen and oxygen atoms in total. The van der Waals surface area contributed by atoms with E-state index in [0.29, 0.717) is 19.3 Å². The number of aliphatic hydroxyl groups is 1. The van der Waals surface area contributed by atoms with Crippen molar-refractivity contribution in [2.45, 2.75) is 174 Å². The summed E-state index contributed by atoms with van der Waals surface area (Å²) in [5.41, 5.74) is 5.34. The highest BCUT2D eigenvalue weighted by atomic mass is 31.2. The number of nitrogens with two attached hydrogens (primary N) is 1. The highest BCUT2D eigenvalue weighted by molar-refractivity contribution is 7.47. The summed E-state index contributed by atoms with van der Waals surface area (Å²) in [5.74, 6) is -0.928. The van der Waals surface area contributed by atoms with Crippen LogP contribution in [0.4, 0.5) is 0 Å². The van der Waals surface area contributed by atoms with Crippen molar-refractivity contribution in [1.29, 1.82) is 0 Å². The minimum Gasteiger partial charge on any atom is -0.462 e. The smallest absolute Gasteiger partial charge is 0.462 e. The third-order valence-corrected chi connectivity index (χ3v) is 9.71. The molecule has 0 aromatic rings.